The number of rotatable bonds is 4. The molecule has 0 aliphatic carbocycles. The number of carboxylic acid groups (broad SMARTS) is 1. The quantitative estimate of drug-likeness (QED) is 0.574. The summed E-state index contributed by atoms with van der Waals surface area (Å²) < 4.78 is 0. The maximum Gasteiger partial charge on any atom is 0.328 e. The van der Waals surface area contributed by atoms with E-state index in [9.17, 15) is 9.59 Å². The molecule has 0 aliphatic rings. The molecule has 24 heavy (non-hydrogen) atoms. The number of carboxylic acids is 1. The maximum atomic E-state index is 12.0. The molecule has 3 N–H and O–H groups in total. The van der Waals surface area contributed by atoms with E-state index in [0.717, 1.165) is 6.08 Å². The zero-order valence-electron chi connectivity index (χ0n) is 12.3. The molecule has 0 heterocycles. The highest BCUT2D eigenvalue weighted by Gasteiger charge is 2.07. The molecular formula is C17H13ClN2O3S. The molecule has 5 nitrogen and oxygen atoms in total. The zero-order valence-corrected chi connectivity index (χ0v) is 13.9. The average molecular weight is 361 g/mol. The van der Waals surface area contributed by atoms with Crippen molar-refractivity contribution in [2.24, 2.45) is 0 Å². The van der Waals surface area contributed by atoms with Gasteiger partial charge in [-0.25, -0.2) is 4.79 Å². The van der Waals surface area contributed by atoms with Crippen LogP contribution in [0.15, 0.2) is 54.6 Å². The number of hydrogen-bond donors (Lipinski definition) is 3. The Bertz CT molecular complexity index is 804. The molecule has 2 aromatic carbocycles. The van der Waals surface area contributed by atoms with Crippen LogP contribution in [0.25, 0.3) is 6.08 Å². The highest BCUT2D eigenvalue weighted by molar-refractivity contribution is 7.80. The fourth-order valence-corrected chi connectivity index (χ4v) is 2.16. The number of anilines is 1. The summed E-state index contributed by atoms with van der Waals surface area (Å²) >= 11 is 10.9. The van der Waals surface area contributed by atoms with Gasteiger partial charge in [-0.05, 0) is 60.3 Å². The van der Waals surface area contributed by atoms with Gasteiger partial charge in [0.1, 0.15) is 0 Å². The molecule has 0 unspecified atom stereocenters. The molecule has 0 spiro atoms. The lowest BCUT2D eigenvalue weighted by Gasteiger charge is -2.10. The van der Waals surface area contributed by atoms with E-state index in [1.54, 1.807) is 48.5 Å². The van der Waals surface area contributed by atoms with Gasteiger partial charge in [-0.15, -0.1) is 0 Å². The molecule has 0 aliphatic heterocycles. The number of carbonyl (C=O) groups is 2. The van der Waals surface area contributed by atoms with E-state index in [2.05, 4.69) is 10.6 Å². The van der Waals surface area contributed by atoms with Gasteiger partial charge in [-0.1, -0.05) is 23.7 Å². The van der Waals surface area contributed by atoms with Gasteiger partial charge in [-0.3, -0.25) is 10.1 Å². The average Bonchev–Trinajstić information content (AvgIpc) is 2.53. The van der Waals surface area contributed by atoms with Crippen molar-refractivity contribution in [2.45, 2.75) is 0 Å². The first kappa shape index (κ1) is 17.7. The summed E-state index contributed by atoms with van der Waals surface area (Å²) in [6.45, 7) is 0. The summed E-state index contributed by atoms with van der Waals surface area (Å²) in [5.74, 6) is -1.38. The van der Waals surface area contributed by atoms with Crippen molar-refractivity contribution in [2.75, 3.05) is 5.32 Å². The van der Waals surface area contributed by atoms with Crippen molar-refractivity contribution >= 4 is 52.6 Å². The van der Waals surface area contributed by atoms with Crippen LogP contribution in [0.4, 0.5) is 5.69 Å². The Morgan fingerprint density at radius 3 is 2.50 bits per heavy atom. The third kappa shape index (κ3) is 5.49. The number of amides is 1. The molecular weight excluding hydrogens is 348 g/mol. The minimum atomic E-state index is -1.03. The van der Waals surface area contributed by atoms with E-state index >= 15 is 0 Å². The Kier molecular flexibility index (Phi) is 6.06. The lowest BCUT2D eigenvalue weighted by Crippen LogP contribution is -2.34. The second kappa shape index (κ2) is 8.24. The molecule has 0 fully saturated rings. The fraction of sp³-hybridized carbons (Fsp3) is 0. The Hall–Kier alpha value is -2.70. The zero-order chi connectivity index (χ0) is 17.5. The molecule has 0 saturated carbocycles. The van der Waals surface area contributed by atoms with Gasteiger partial charge < -0.3 is 10.4 Å². The Balaban J connectivity index is 1.99. The van der Waals surface area contributed by atoms with Gasteiger partial charge in [0.05, 0.1) is 0 Å². The SMILES string of the molecule is O=C(O)/C=C/c1cccc(NC(=S)NC(=O)c2ccc(Cl)cc2)c1. The highest BCUT2D eigenvalue weighted by Crippen LogP contribution is 2.12. The van der Waals surface area contributed by atoms with Gasteiger partial charge in [0.2, 0.25) is 0 Å². The lowest BCUT2D eigenvalue weighted by atomic mass is 10.2. The summed E-state index contributed by atoms with van der Waals surface area (Å²) in [6.07, 6.45) is 2.50. The lowest BCUT2D eigenvalue weighted by molar-refractivity contribution is -0.131. The summed E-state index contributed by atoms with van der Waals surface area (Å²) in [5.41, 5.74) is 1.75. The molecule has 0 radical (unpaired) electrons. The third-order valence-corrected chi connectivity index (χ3v) is 3.35. The molecule has 7 heteroatoms. The molecule has 2 aromatic rings. The summed E-state index contributed by atoms with van der Waals surface area (Å²) in [5, 5.41) is 14.7. The van der Waals surface area contributed by atoms with E-state index in [4.69, 9.17) is 28.9 Å². The first-order chi connectivity index (χ1) is 11.4. The van der Waals surface area contributed by atoms with Gasteiger partial charge >= 0.3 is 5.97 Å². The van der Waals surface area contributed by atoms with E-state index in [0.29, 0.717) is 21.8 Å². The number of thiocarbonyl (C=S) groups is 1. The predicted molar refractivity (Wildman–Crippen MR) is 98.3 cm³/mol. The van der Waals surface area contributed by atoms with Crippen LogP contribution in [0.5, 0.6) is 0 Å². The molecule has 2 rings (SSSR count). The summed E-state index contributed by atoms with van der Waals surface area (Å²) in [7, 11) is 0. The van der Waals surface area contributed by atoms with Crippen molar-refractivity contribution in [3.05, 3.63) is 70.8 Å². The first-order valence-corrected chi connectivity index (χ1v) is 7.61. The van der Waals surface area contributed by atoms with E-state index < -0.39 is 5.97 Å². The van der Waals surface area contributed by atoms with E-state index in [1.165, 1.54) is 6.08 Å². The Morgan fingerprint density at radius 1 is 1.12 bits per heavy atom. The minimum absolute atomic E-state index is 0.134. The van der Waals surface area contributed by atoms with Crippen molar-refractivity contribution in [1.82, 2.24) is 5.32 Å². The number of benzene rings is 2. The Morgan fingerprint density at radius 2 is 1.83 bits per heavy atom. The topological polar surface area (TPSA) is 78.4 Å². The van der Waals surface area contributed by atoms with Crippen molar-refractivity contribution < 1.29 is 14.7 Å². The second-order valence-electron chi connectivity index (χ2n) is 4.71. The molecule has 0 bridgehead atoms. The van der Waals surface area contributed by atoms with Gasteiger partial charge in [-0.2, -0.15) is 0 Å². The van der Waals surface area contributed by atoms with Crippen molar-refractivity contribution in [3.8, 4) is 0 Å². The molecule has 1 amide bonds. The summed E-state index contributed by atoms with van der Waals surface area (Å²) in [6, 6.07) is 13.4. The number of nitrogens with one attached hydrogen (secondary N) is 2. The van der Waals surface area contributed by atoms with Gasteiger partial charge in [0.15, 0.2) is 5.11 Å². The monoisotopic (exact) mass is 360 g/mol. The smallest absolute Gasteiger partial charge is 0.328 e. The second-order valence-corrected chi connectivity index (χ2v) is 5.56. The fourth-order valence-electron chi connectivity index (χ4n) is 1.83. The molecule has 122 valence electrons. The largest absolute Gasteiger partial charge is 0.478 e. The Labute approximate surface area is 149 Å². The van der Waals surface area contributed by atoms with Crippen LogP contribution >= 0.6 is 23.8 Å². The van der Waals surface area contributed by atoms with E-state index in [1.807, 2.05) is 0 Å². The number of aliphatic carboxylic acids is 1. The predicted octanol–water partition coefficient (Wildman–Crippen LogP) is 3.56. The van der Waals surface area contributed by atoms with Gasteiger partial charge in [0.25, 0.3) is 5.91 Å². The van der Waals surface area contributed by atoms with Crippen LogP contribution in [0.3, 0.4) is 0 Å². The van der Waals surface area contributed by atoms with Crippen molar-refractivity contribution in [3.63, 3.8) is 0 Å². The standard InChI is InChI=1S/C17H13ClN2O3S/c18-13-7-5-12(6-8-13)16(23)20-17(24)19-14-3-1-2-11(10-14)4-9-15(21)22/h1-10H,(H,21,22)(H2,19,20,23,24)/b9-4+. The van der Waals surface area contributed by atoms with Crippen LogP contribution in [-0.4, -0.2) is 22.1 Å². The first-order valence-electron chi connectivity index (χ1n) is 6.83. The molecule has 0 aromatic heterocycles. The summed E-state index contributed by atoms with van der Waals surface area (Å²) in [4.78, 5) is 22.6. The normalized spacial score (nSPS) is 10.4. The van der Waals surface area contributed by atoms with Crippen molar-refractivity contribution in [1.29, 1.82) is 0 Å². The number of carbonyl (C=O) groups excluding carboxylic acids is 1. The number of hydrogen-bond acceptors (Lipinski definition) is 3. The third-order valence-electron chi connectivity index (χ3n) is 2.90. The van der Waals surface area contributed by atoms with Gasteiger partial charge in [0, 0.05) is 22.3 Å². The molecule has 0 saturated heterocycles. The van der Waals surface area contributed by atoms with Crippen LogP contribution in [-0.2, 0) is 4.79 Å². The van der Waals surface area contributed by atoms with Crippen LogP contribution < -0.4 is 10.6 Å². The van der Waals surface area contributed by atoms with Crippen LogP contribution in [0.1, 0.15) is 15.9 Å². The highest BCUT2D eigenvalue weighted by atomic mass is 35.5. The van der Waals surface area contributed by atoms with E-state index in [-0.39, 0.29) is 11.0 Å². The maximum absolute atomic E-state index is 12.0. The van der Waals surface area contributed by atoms with Crippen LogP contribution in [0.2, 0.25) is 5.02 Å². The molecule has 0 atom stereocenters. The minimum Gasteiger partial charge on any atom is -0.478 e. The van der Waals surface area contributed by atoms with Crippen LogP contribution in [0, 0.1) is 0 Å². The number of halogens is 1.